The summed E-state index contributed by atoms with van der Waals surface area (Å²) in [5.74, 6) is 0.480. The molecule has 2 nitrogen and oxygen atoms in total. The van der Waals surface area contributed by atoms with Crippen molar-refractivity contribution in [3.63, 3.8) is 0 Å². The van der Waals surface area contributed by atoms with Gasteiger partial charge in [-0.15, -0.1) is 6.58 Å². The standard InChI is InChI=1S/C10H11F2O2PS2/c1-2-7-17-15(16,13-8-11)14-10-5-3-9(12)4-6-10/h2-6H,1,7-8H2. The topological polar surface area (TPSA) is 18.5 Å². The molecule has 0 saturated carbocycles. The van der Waals surface area contributed by atoms with Crippen LogP contribution >= 0.6 is 17.1 Å². The molecular formula is C10H11F2O2PS2. The van der Waals surface area contributed by atoms with Crippen LogP contribution in [-0.4, -0.2) is 12.6 Å². The first-order valence-corrected chi connectivity index (χ1v) is 8.83. The van der Waals surface area contributed by atoms with Crippen molar-refractivity contribution in [3.05, 3.63) is 42.7 Å². The number of benzene rings is 1. The predicted octanol–water partition coefficient (Wildman–Crippen LogP) is 4.29. The van der Waals surface area contributed by atoms with Crippen molar-refractivity contribution in [2.24, 2.45) is 0 Å². The second kappa shape index (κ2) is 7.11. The molecule has 1 atom stereocenters. The summed E-state index contributed by atoms with van der Waals surface area (Å²) in [7, 11) is 0. The lowest BCUT2D eigenvalue weighted by Gasteiger charge is -2.19. The maximum absolute atomic E-state index is 12.7. The summed E-state index contributed by atoms with van der Waals surface area (Å²) in [4.78, 5) is 0. The normalized spacial score (nSPS) is 14.0. The highest BCUT2D eigenvalue weighted by molar-refractivity contribution is 8.68. The first kappa shape index (κ1) is 14.6. The third kappa shape index (κ3) is 5.17. The molecule has 0 heterocycles. The summed E-state index contributed by atoms with van der Waals surface area (Å²) in [5.41, 5.74) is -2.79. The predicted molar refractivity (Wildman–Crippen MR) is 71.0 cm³/mol. The van der Waals surface area contributed by atoms with Crippen LogP contribution in [0.2, 0.25) is 0 Å². The van der Waals surface area contributed by atoms with Crippen molar-refractivity contribution in [1.29, 1.82) is 0 Å². The minimum atomic E-state index is -2.79. The molecule has 7 heteroatoms. The van der Waals surface area contributed by atoms with Crippen molar-refractivity contribution in [1.82, 2.24) is 0 Å². The van der Waals surface area contributed by atoms with Crippen LogP contribution in [0.25, 0.3) is 0 Å². The van der Waals surface area contributed by atoms with Gasteiger partial charge in [0.05, 0.1) is 0 Å². The van der Waals surface area contributed by atoms with Crippen molar-refractivity contribution in [2.75, 3.05) is 12.6 Å². The SMILES string of the molecule is C=CCSP(=S)(OCF)Oc1ccc(F)cc1. The van der Waals surface area contributed by atoms with Gasteiger partial charge in [-0.2, -0.15) is 0 Å². The zero-order valence-corrected chi connectivity index (χ0v) is 11.4. The van der Waals surface area contributed by atoms with E-state index in [1.807, 2.05) is 0 Å². The Labute approximate surface area is 108 Å². The van der Waals surface area contributed by atoms with E-state index >= 15 is 0 Å². The molecular weight excluding hydrogens is 285 g/mol. The lowest BCUT2D eigenvalue weighted by Crippen LogP contribution is -1.95. The van der Waals surface area contributed by atoms with Crippen LogP contribution in [0.4, 0.5) is 8.78 Å². The first-order valence-electron chi connectivity index (χ1n) is 4.61. The molecule has 1 unspecified atom stereocenters. The molecule has 0 aromatic heterocycles. The van der Waals surface area contributed by atoms with Crippen molar-refractivity contribution in [3.8, 4) is 5.75 Å². The Kier molecular flexibility index (Phi) is 6.12. The van der Waals surface area contributed by atoms with Gasteiger partial charge in [-0.3, -0.25) is 4.52 Å². The molecule has 0 aliphatic heterocycles. The van der Waals surface area contributed by atoms with Gasteiger partial charge in [0.25, 0.3) is 5.69 Å². The molecule has 0 aliphatic carbocycles. The van der Waals surface area contributed by atoms with Gasteiger partial charge in [0.1, 0.15) is 11.6 Å². The minimum Gasteiger partial charge on any atom is -0.436 e. The lowest BCUT2D eigenvalue weighted by atomic mass is 10.3. The Morgan fingerprint density at radius 2 is 2.06 bits per heavy atom. The molecule has 0 fully saturated rings. The molecule has 0 radical (unpaired) electrons. The van der Waals surface area contributed by atoms with Crippen molar-refractivity contribution >= 4 is 28.9 Å². The molecule has 94 valence electrons. The summed E-state index contributed by atoms with van der Waals surface area (Å²) in [6.07, 6.45) is 1.63. The maximum Gasteiger partial charge on any atom is 0.300 e. The monoisotopic (exact) mass is 296 g/mol. The van der Waals surface area contributed by atoms with Crippen LogP contribution in [0.5, 0.6) is 5.75 Å². The molecule has 1 aromatic carbocycles. The van der Waals surface area contributed by atoms with E-state index in [9.17, 15) is 8.78 Å². The highest BCUT2D eigenvalue weighted by Crippen LogP contribution is 2.60. The van der Waals surface area contributed by atoms with Crippen molar-refractivity contribution in [2.45, 2.75) is 0 Å². The van der Waals surface area contributed by atoms with Gasteiger partial charge in [-0.05, 0) is 36.1 Å². The highest BCUT2D eigenvalue weighted by Gasteiger charge is 2.21. The van der Waals surface area contributed by atoms with Gasteiger partial charge in [-0.25, -0.2) is 8.78 Å². The lowest BCUT2D eigenvalue weighted by molar-refractivity contribution is 0.199. The van der Waals surface area contributed by atoms with E-state index in [0.29, 0.717) is 11.5 Å². The van der Waals surface area contributed by atoms with Crippen LogP contribution in [0.1, 0.15) is 0 Å². The van der Waals surface area contributed by atoms with Crippen LogP contribution in [0.3, 0.4) is 0 Å². The number of hydrogen-bond acceptors (Lipinski definition) is 4. The van der Waals surface area contributed by atoms with Gasteiger partial charge in [-0.1, -0.05) is 17.5 Å². The maximum atomic E-state index is 12.7. The van der Waals surface area contributed by atoms with E-state index < -0.39 is 12.6 Å². The fourth-order valence-corrected chi connectivity index (χ4v) is 4.43. The van der Waals surface area contributed by atoms with Gasteiger partial charge in [0.15, 0.2) is 6.86 Å². The number of rotatable bonds is 7. The van der Waals surface area contributed by atoms with Gasteiger partial charge in [0.2, 0.25) is 0 Å². The van der Waals surface area contributed by atoms with Crippen molar-refractivity contribution < 1.29 is 17.8 Å². The molecule has 0 amide bonds. The largest absolute Gasteiger partial charge is 0.436 e. The smallest absolute Gasteiger partial charge is 0.300 e. The Morgan fingerprint density at radius 3 is 2.59 bits per heavy atom. The Morgan fingerprint density at radius 1 is 1.41 bits per heavy atom. The minimum absolute atomic E-state index is 0.361. The Balaban J connectivity index is 2.74. The summed E-state index contributed by atoms with van der Waals surface area (Å²) >= 11 is 6.31. The van der Waals surface area contributed by atoms with E-state index in [-0.39, 0.29) is 5.82 Å². The van der Waals surface area contributed by atoms with Crippen LogP contribution in [0.15, 0.2) is 36.9 Å². The zero-order valence-electron chi connectivity index (χ0n) is 8.84. The third-order valence-electron chi connectivity index (χ3n) is 1.59. The second-order valence-corrected chi connectivity index (χ2v) is 9.09. The average Bonchev–Trinajstić information content (AvgIpc) is 2.30. The molecule has 1 aromatic rings. The van der Waals surface area contributed by atoms with Crippen LogP contribution in [0, 0.1) is 5.82 Å². The number of halogens is 2. The molecule has 0 spiro atoms. The molecule has 1 rings (SSSR count). The number of hydrogen-bond donors (Lipinski definition) is 0. The Bertz CT molecular complexity index is 411. The van der Waals surface area contributed by atoms with Crippen LogP contribution in [-0.2, 0) is 16.3 Å². The van der Waals surface area contributed by atoms with E-state index in [4.69, 9.17) is 20.9 Å². The molecule has 0 aliphatic rings. The molecule has 0 N–H and O–H groups in total. The Hall–Kier alpha value is -0.420. The third-order valence-corrected chi connectivity index (χ3v) is 6.56. The van der Waals surface area contributed by atoms with Gasteiger partial charge < -0.3 is 4.52 Å². The van der Waals surface area contributed by atoms with E-state index in [0.717, 1.165) is 0 Å². The summed E-state index contributed by atoms with van der Waals surface area (Å²) in [5, 5.41) is 0. The highest BCUT2D eigenvalue weighted by atomic mass is 32.9. The fourth-order valence-electron chi connectivity index (χ4n) is 0.918. The van der Waals surface area contributed by atoms with Crippen LogP contribution < -0.4 is 4.52 Å². The summed E-state index contributed by atoms with van der Waals surface area (Å²) in [6.45, 7) is 2.53. The van der Waals surface area contributed by atoms with Gasteiger partial charge in [0, 0.05) is 5.75 Å². The summed E-state index contributed by atoms with van der Waals surface area (Å²) in [6, 6.07) is 5.32. The fraction of sp³-hybridized carbons (Fsp3) is 0.200. The van der Waals surface area contributed by atoms with E-state index in [2.05, 4.69) is 6.58 Å². The molecule has 0 saturated heterocycles. The summed E-state index contributed by atoms with van der Waals surface area (Å²) < 4.78 is 35.2. The second-order valence-electron chi connectivity index (χ2n) is 2.82. The first-order chi connectivity index (χ1) is 8.09. The van der Waals surface area contributed by atoms with E-state index in [1.165, 1.54) is 35.6 Å². The number of alkyl halides is 1. The van der Waals surface area contributed by atoms with E-state index in [1.54, 1.807) is 6.08 Å². The zero-order chi connectivity index (χ0) is 12.7. The molecule has 0 bridgehead atoms. The average molecular weight is 296 g/mol. The quantitative estimate of drug-likeness (QED) is 0.551. The molecule has 17 heavy (non-hydrogen) atoms. The van der Waals surface area contributed by atoms with Gasteiger partial charge >= 0.3 is 0 Å².